The number of carbonyl (C=O) groups excluding carboxylic acids is 1. The third-order valence-electron chi connectivity index (χ3n) is 11.5. The average molecular weight is 594 g/mol. The van der Waals surface area contributed by atoms with Crippen molar-refractivity contribution >= 4 is 34.6 Å². The second kappa shape index (κ2) is 10.9. The van der Waals surface area contributed by atoms with Crippen molar-refractivity contribution in [1.82, 2.24) is 9.55 Å². The molecule has 7 nitrogen and oxygen atoms in total. The summed E-state index contributed by atoms with van der Waals surface area (Å²) in [5.41, 5.74) is 7.31. The first-order valence-electron chi connectivity index (χ1n) is 16.0. The molecule has 1 heterocycles. The molecule has 7 heteroatoms. The second-order valence-corrected chi connectivity index (χ2v) is 13.7. The number of methoxy groups -OCH3 is 2. The predicted molar refractivity (Wildman–Crippen MR) is 173 cm³/mol. The Labute approximate surface area is 260 Å². The number of aliphatic imine (C=N–C) groups is 1. The molecule has 230 valence electrons. The molecule has 6 atom stereocenters. The van der Waals surface area contributed by atoms with Gasteiger partial charge < -0.3 is 18.8 Å². The van der Waals surface area contributed by atoms with Gasteiger partial charge in [0.05, 0.1) is 30.9 Å². The highest BCUT2D eigenvalue weighted by Crippen LogP contribution is 2.67. The van der Waals surface area contributed by atoms with Crippen LogP contribution in [0.15, 0.2) is 71.0 Å². The molecule has 0 saturated heterocycles. The standard InChI is InChI=1S/C37H43N3O4/c1-23(41)44-27-14-16-36(2)25(19-27)10-12-28-29(36)15-17-37(3)30(28)18-24(21-38-26-11-13-33(42-4)34(20-26)43-5)35(37)40-22-39-31-8-6-7-9-32(31)40/h6-11,13,20-22,27-30H,12,14-19H2,1-5H3/t27-,28+,29-,30-,36-,37-/m0/s1. The number of hydrogen-bond acceptors (Lipinski definition) is 6. The summed E-state index contributed by atoms with van der Waals surface area (Å²) >= 11 is 0. The van der Waals surface area contributed by atoms with Crippen LogP contribution in [0.4, 0.5) is 5.69 Å². The van der Waals surface area contributed by atoms with Gasteiger partial charge in [0.25, 0.3) is 0 Å². The SMILES string of the molecule is COc1ccc(N=CC2=C(n3cnc4ccccc43)[C@@]3(C)CC[C@H]4[C@@H](CC=C5C[C@@H](OC(C)=O)CC[C@@]54C)[C@@H]3C2)cc1OC. The van der Waals surface area contributed by atoms with E-state index in [0.717, 1.165) is 55.2 Å². The number of rotatable bonds is 6. The number of fused-ring (bicyclic) bond motifs is 6. The largest absolute Gasteiger partial charge is 0.493 e. The van der Waals surface area contributed by atoms with Gasteiger partial charge >= 0.3 is 5.97 Å². The topological polar surface area (TPSA) is 74.9 Å². The minimum Gasteiger partial charge on any atom is -0.493 e. The number of carbonyl (C=O) groups is 1. The normalized spacial score (nSPS) is 31.3. The lowest BCUT2D eigenvalue weighted by atomic mass is 9.47. The summed E-state index contributed by atoms with van der Waals surface area (Å²) in [5, 5.41) is 0. The maximum absolute atomic E-state index is 11.7. The minimum absolute atomic E-state index is 0.000234. The Morgan fingerprint density at radius 1 is 1.00 bits per heavy atom. The van der Waals surface area contributed by atoms with Gasteiger partial charge in [-0.25, -0.2) is 4.98 Å². The van der Waals surface area contributed by atoms with E-state index in [0.29, 0.717) is 29.3 Å². The molecular formula is C37H43N3O4. The maximum atomic E-state index is 11.7. The summed E-state index contributed by atoms with van der Waals surface area (Å²) < 4.78 is 19.0. The zero-order valence-corrected chi connectivity index (χ0v) is 26.5. The molecule has 0 amide bonds. The molecule has 4 aliphatic rings. The van der Waals surface area contributed by atoms with E-state index in [2.05, 4.69) is 55.0 Å². The van der Waals surface area contributed by atoms with Crippen molar-refractivity contribution in [3.63, 3.8) is 0 Å². The number of allylic oxidation sites excluding steroid dienone is 3. The lowest BCUT2D eigenvalue weighted by Crippen LogP contribution is -2.50. The van der Waals surface area contributed by atoms with E-state index < -0.39 is 0 Å². The van der Waals surface area contributed by atoms with Crippen molar-refractivity contribution in [2.45, 2.75) is 71.8 Å². The molecular weight excluding hydrogens is 550 g/mol. The molecule has 0 unspecified atom stereocenters. The highest BCUT2D eigenvalue weighted by atomic mass is 16.5. The van der Waals surface area contributed by atoms with Gasteiger partial charge in [0, 0.05) is 36.7 Å². The number of ether oxygens (including phenoxy) is 3. The molecule has 0 aliphatic heterocycles. The van der Waals surface area contributed by atoms with Gasteiger partial charge in [0.15, 0.2) is 11.5 Å². The first-order valence-corrected chi connectivity index (χ1v) is 16.0. The molecule has 1 aromatic heterocycles. The Morgan fingerprint density at radius 2 is 1.80 bits per heavy atom. The number of esters is 1. The fraction of sp³-hybridized carbons (Fsp3) is 0.486. The number of imidazole rings is 1. The van der Waals surface area contributed by atoms with Gasteiger partial charge in [-0.3, -0.25) is 9.79 Å². The van der Waals surface area contributed by atoms with Crippen LogP contribution in [0, 0.1) is 28.6 Å². The molecule has 2 saturated carbocycles. The van der Waals surface area contributed by atoms with Crippen molar-refractivity contribution in [3.8, 4) is 11.5 Å². The Bertz CT molecular complexity index is 1700. The van der Waals surface area contributed by atoms with Crippen molar-refractivity contribution in [2.75, 3.05) is 14.2 Å². The molecule has 44 heavy (non-hydrogen) atoms. The number of benzene rings is 2. The van der Waals surface area contributed by atoms with Crippen LogP contribution in [0.1, 0.15) is 65.7 Å². The van der Waals surface area contributed by atoms with Crippen LogP contribution < -0.4 is 9.47 Å². The smallest absolute Gasteiger partial charge is 0.302 e. The number of para-hydroxylation sites is 2. The third-order valence-corrected chi connectivity index (χ3v) is 11.5. The number of aromatic nitrogens is 2. The van der Waals surface area contributed by atoms with Crippen LogP contribution in [0.2, 0.25) is 0 Å². The van der Waals surface area contributed by atoms with Crippen LogP contribution in [-0.2, 0) is 9.53 Å². The van der Waals surface area contributed by atoms with E-state index in [1.165, 1.54) is 30.2 Å². The highest BCUT2D eigenvalue weighted by molar-refractivity contribution is 5.93. The van der Waals surface area contributed by atoms with Gasteiger partial charge in [0.2, 0.25) is 0 Å². The first-order chi connectivity index (χ1) is 21.2. The molecule has 4 aliphatic carbocycles. The molecule has 2 aromatic carbocycles. The molecule has 0 spiro atoms. The molecule has 0 radical (unpaired) electrons. The summed E-state index contributed by atoms with van der Waals surface area (Å²) in [6.07, 6.45) is 14.0. The average Bonchev–Trinajstić information content (AvgIpc) is 3.57. The molecule has 2 fully saturated rings. The van der Waals surface area contributed by atoms with Crippen LogP contribution in [0.5, 0.6) is 11.5 Å². The Hall–Kier alpha value is -3.87. The lowest BCUT2D eigenvalue weighted by Gasteiger charge is -2.57. The van der Waals surface area contributed by atoms with Gasteiger partial charge in [-0.05, 0) is 91.5 Å². The van der Waals surface area contributed by atoms with E-state index >= 15 is 0 Å². The van der Waals surface area contributed by atoms with E-state index in [-0.39, 0.29) is 22.9 Å². The maximum Gasteiger partial charge on any atom is 0.302 e. The van der Waals surface area contributed by atoms with E-state index in [4.69, 9.17) is 24.2 Å². The molecule has 7 rings (SSSR count). The van der Waals surface area contributed by atoms with Crippen molar-refractivity contribution in [1.29, 1.82) is 0 Å². The van der Waals surface area contributed by atoms with E-state index in [9.17, 15) is 4.79 Å². The quantitative estimate of drug-likeness (QED) is 0.164. The summed E-state index contributed by atoms with van der Waals surface area (Å²) in [6.45, 7) is 6.52. The fourth-order valence-corrected chi connectivity index (χ4v) is 9.39. The monoisotopic (exact) mass is 593 g/mol. The Morgan fingerprint density at radius 3 is 2.59 bits per heavy atom. The van der Waals surface area contributed by atoms with Crippen molar-refractivity contribution < 1.29 is 19.0 Å². The predicted octanol–water partition coefficient (Wildman–Crippen LogP) is 8.17. The van der Waals surface area contributed by atoms with Crippen LogP contribution >= 0.6 is 0 Å². The van der Waals surface area contributed by atoms with Crippen molar-refractivity contribution in [3.05, 3.63) is 66.0 Å². The van der Waals surface area contributed by atoms with Gasteiger partial charge in [-0.15, -0.1) is 0 Å². The van der Waals surface area contributed by atoms with Gasteiger partial charge in [-0.1, -0.05) is 37.6 Å². The van der Waals surface area contributed by atoms with E-state index in [1.54, 1.807) is 14.2 Å². The highest BCUT2D eigenvalue weighted by Gasteiger charge is 2.58. The zero-order valence-electron chi connectivity index (χ0n) is 26.5. The van der Waals surface area contributed by atoms with Crippen LogP contribution in [0.25, 0.3) is 16.7 Å². The summed E-state index contributed by atoms with van der Waals surface area (Å²) in [7, 11) is 3.30. The number of nitrogens with zero attached hydrogens (tertiary/aromatic N) is 3. The minimum atomic E-state index is -0.166. The van der Waals surface area contributed by atoms with Gasteiger partial charge in [-0.2, -0.15) is 0 Å². The van der Waals surface area contributed by atoms with Crippen LogP contribution in [0.3, 0.4) is 0 Å². The number of hydrogen-bond donors (Lipinski definition) is 0. The Kier molecular flexibility index (Phi) is 7.18. The second-order valence-electron chi connectivity index (χ2n) is 13.7. The summed E-state index contributed by atoms with van der Waals surface area (Å²) in [4.78, 5) is 21.5. The Balaban J connectivity index is 1.27. The van der Waals surface area contributed by atoms with Crippen molar-refractivity contribution in [2.24, 2.45) is 33.6 Å². The fourth-order valence-electron chi connectivity index (χ4n) is 9.39. The first kappa shape index (κ1) is 28.9. The molecule has 0 N–H and O–H groups in total. The van der Waals surface area contributed by atoms with Crippen LogP contribution in [-0.4, -0.2) is 42.1 Å². The zero-order chi connectivity index (χ0) is 30.6. The summed E-state index contributed by atoms with van der Waals surface area (Å²) in [5.74, 6) is 2.92. The van der Waals surface area contributed by atoms with E-state index in [1.807, 2.05) is 24.5 Å². The van der Waals surface area contributed by atoms with Gasteiger partial charge in [0.1, 0.15) is 12.4 Å². The molecule has 0 bridgehead atoms. The summed E-state index contributed by atoms with van der Waals surface area (Å²) in [6, 6.07) is 14.3. The lowest BCUT2D eigenvalue weighted by molar-refractivity contribution is -0.148. The third kappa shape index (κ3) is 4.58. The molecule has 3 aromatic rings.